The van der Waals surface area contributed by atoms with Crippen molar-refractivity contribution in [2.75, 3.05) is 5.32 Å². The van der Waals surface area contributed by atoms with Gasteiger partial charge in [0, 0.05) is 23.0 Å². The van der Waals surface area contributed by atoms with E-state index < -0.39 is 11.9 Å². The fourth-order valence-corrected chi connectivity index (χ4v) is 2.69. The number of anilines is 1. The van der Waals surface area contributed by atoms with E-state index >= 15 is 0 Å². The highest BCUT2D eigenvalue weighted by molar-refractivity contribution is 5.91. The molecule has 1 N–H and O–H groups in total. The second-order valence-electron chi connectivity index (χ2n) is 6.51. The standard InChI is InChI=1S/C20H21N5O2/c1-12-5-7-16(8-6-12)17-9-10-18(26)25(24-17)15(4)19(27)23-20-21-13(2)11-14(3)22-20/h5-11,15H,1-4H3,(H,21,22,23,27). The van der Waals surface area contributed by atoms with E-state index in [4.69, 9.17) is 0 Å². The van der Waals surface area contributed by atoms with Crippen molar-refractivity contribution < 1.29 is 4.79 Å². The molecule has 0 aliphatic carbocycles. The predicted octanol–water partition coefficient (Wildman–Crippen LogP) is 2.83. The number of aryl methyl sites for hydroxylation is 3. The summed E-state index contributed by atoms with van der Waals surface area (Å²) in [4.78, 5) is 33.2. The molecule has 7 nitrogen and oxygen atoms in total. The normalized spacial score (nSPS) is 11.9. The first-order valence-electron chi connectivity index (χ1n) is 8.63. The third-order valence-corrected chi connectivity index (χ3v) is 4.14. The minimum Gasteiger partial charge on any atom is -0.293 e. The fraction of sp³-hybridized carbons (Fsp3) is 0.250. The van der Waals surface area contributed by atoms with Crippen LogP contribution < -0.4 is 10.9 Å². The number of carbonyl (C=O) groups is 1. The van der Waals surface area contributed by atoms with Gasteiger partial charge in [-0.2, -0.15) is 5.10 Å². The van der Waals surface area contributed by atoms with Crippen molar-refractivity contribution in [3.8, 4) is 11.3 Å². The zero-order valence-corrected chi connectivity index (χ0v) is 15.7. The van der Waals surface area contributed by atoms with Crippen LogP contribution in [-0.4, -0.2) is 25.7 Å². The van der Waals surface area contributed by atoms with Crippen molar-refractivity contribution in [3.05, 3.63) is 69.8 Å². The summed E-state index contributed by atoms with van der Waals surface area (Å²) in [7, 11) is 0. The van der Waals surface area contributed by atoms with Crippen LogP contribution in [0.25, 0.3) is 11.3 Å². The van der Waals surface area contributed by atoms with E-state index in [1.165, 1.54) is 10.7 Å². The molecule has 0 radical (unpaired) electrons. The molecule has 3 rings (SSSR count). The van der Waals surface area contributed by atoms with Crippen LogP contribution in [0.15, 0.2) is 47.3 Å². The number of carbonyl (C=O) groups excluding carboxylic acids is 1. The lowest BCUT2D eigenvalue weighted by Crippen LogP contribution is -2.33. The highest BCUT2D eigenvalue weighted by Crippen LogP contribution is 2.17. The second-order valence-corrected chi connectivity index (χ2v) is 6.51. The van der Waals surface area contributed by atoms with Gasteiger partial charge in [-0.15, -0.1) is 0 Å². The van der Waals surface area contributed by atoms with Gasteiger partial charge in [0.15, 0.2) is 0 Å². The number of amides is 1. The van der Waals surface area contributed by atoms with E-state index in [1.807, 2.05) is 51.1 Å². The van der Waals surface area contributed by atoms with Crippen LogP contribution in [0, 0.1) is 20.8 Å². The number of benzene rings is 1. The van der Waals surface area contributed by atoms with Crippen LogP contribution >= 0.6 is 0 Å². The molecule has 0 fully saturated rings. The number of nitrogens with one attached hydrogen (secondary N) is 1. The molecule has 1 unspecified atom stereocenters. The zero-order chi connectivity index (χ0) is 19.6. The Morgan fingerprint density at radius 2 is 1.63 bits per heavy atom. The summed E-state index contributed by atoms with van der Waals surface area (Å²) in [5.74, 6) is -0.192. The Balaban J connectivity index is 1.88. The largest absolute Gasteiger partial charge is 0.293 e. The van der Waals surface area contributed by atoms with E-state index in [2.05, 4.69) is 20.4 Å². The van der Waals surface area contributed by atoms with Gasteiger partial charge in [-0.1, -0.05) is 29.8 Å². The first-order valence-corrected chi connectivity index (χ1v) is 8.63. The number of hydrogen-bond donors (Lipinski definition) is 1. The molecule has 2 heterocycles. The molecule has 1 atom stereocenters. The molecule has 0 aliphatic rings. The minimum absolute atomic E-state index is 0.215. The second kappa shape index (κ2) is 7.49. The van der Waals surface area contributed by atoms with E-state index in [0.29, 0.717) is 5.69 Å². The molecule has 1 amide bonds. The van der Waals surface area contributed by atoms with Crippen molar-refractivity contribution in [2.24, 2.45) is 0 Å². The summed E-state index contributed by atoms with van der Waals surface area (Å²) >= 11 is 0. The van der Waals surface area contributed by atoms with Gasteiger partial charge in [0.05, 0.1) is 5.69 Å². The van der Waals surface area contributed by atoms with Gasteiger partial charge in [0.25, 0.3) is 11.5 Å². The number of nitrogens with zero attached hydrogens (tertiary/aromatic N) is 4. The summed E-state index contributed by atoms with van der Waals surface area (Å²) in [6, 6.07) is 11.9. The maximum absolute atomic E-state index is 12.6. The zero-order valence-electron chi connectivity index (χ0n) is 15.7. The van der Waals surface area contributed by atoms with Crippen molar-refractivity contribution in [2.45, 2.75) is 33.7 Å². The Hall–Kier alpha value is -3.35. The third kappa shape index (κ3) is 4.25. The lowest BCUT2D eigenvalue weighted by Gasteiger charge is -2.14. The van der Waals surface area contributed by atoms with E-state index in [0.717, 1.165) is 22.5 Å². The third-order valence-electron chi connectivity index (χ3n) is 4.14. The van der Waals surface area contributed by atoms with Gasteiger partial charge in [0.1, 0.15) is 6.04 Å². The average molecular weight is 363 g/mol. The summed E-state index contributed by atoms with van der Waals surface area (Å²) in [5.41, 5.74) is 3.78. The molecule has 0 aliphatic heterocycles. The molecule has 2 aromatic heterocycles. The summed E-state index contributed by atoms with van der Waals surface area (Å²) in [6.07, 6.45) is 0. The predicted molar refractivity (Wildman–Crippen MR) is 104 cm³/mol. The number of rotatable bonds is 4. The quantitative estimate of drug-likeness (QED) is 0.770. The highest BCUT2D eigenvalue weighted by Gasteiger charge is 2.19. The molecular formula is C20H21N5O2. The van der Waals surface area contributed by atoms with Crippen molar-refractivity contribution in [3.63, 3.8) is 0 Å². The highest BCUT2D eigenvalue weighted by atomic mass is 16.2. The van der Waals surface area contributed by atoms with Crippen LogP contribution in [0.4, 0.5) is 5.95 Å². The van der Waals surface area contributed by atoms with Gasteiger partial charge < -0.3 is 0 Å². The Morgan fingerprint density at radius 1 is 1.00 bits per heavy atom. The van der Waals surface area contributed by atoms with Gasteiger partial charge in [-0.25, -0.2) is 14.6 Å². The van der Waals surface area contributed by atoms with Crippen molar-refractivity contribution >= 4 is 11.9 Å². The Bertz CT molecular complexity index is 1020. The van der Waals surface area contributed by atoms with Gasteiger partial charge in [-0.3, -0.25) is 14.9 Å². The van der Waals surface area contributed by atoms with Gasteiger partial charge in [0.2, 0.25) is 5.95 Å². The molecule has 3 aromatic rings. The Kier molecular flexibility index (Phi) is 5.12. The van der Waals surface area contributed by atoms with Crippen molar-refractivity contribution in [1.82, 2.24) is 19.7 Å². The van der Waals surface area contributed by atoms with Crippen LogP contribution in [0.1, 0.15) is 29.9 Å². The Morgan fingerprint density at radius 3 is 2.26 bits per heavy atom. The first kappa shape index (κ1) is 18.4. The molecule has 0 saturated heterocycles. The monoisotopic (exact) mass is 363 g/mol. The maximum Gasteiger partial charge on any atom is 0.267 e. The molecule has 138 valence electrons. The smallest absolute Gasteiger partial charge is 0.267 e. The van der Waals surface area contributed by atoms with Crippen LogP contribution in [0.5, 0.6) is 0 Å². The topological polar surface area (TPSA) is 89.8 Å². The summed E-state index contributed by atoms with van der Waals surface area (Å²) < 4.78 is 1.17. The van der Waals surface area contributed by atoms with Crippen LogP contribution in [-0.2, 0) is 4.79 Å². The fourth-order valence-electron chi connectivity index (χ4n) is 2.69. The average Bonchev–Trinajstić information content (AvgIpc) is 2.61. The molecule has 27 heavy (non-hydrogen) atoms. The SMILES string of the molecule is Cc1ccc(-c2ccc(=O)n(C(C)C(=O)Nc3nc(C)cc(C)n3)n2)cc1. The van der Waals surface area contributed by atoms with Crippen molar-refractivity contribution in [1.29, 1.82) is 0 Å². The van der Waals surface area contributed by atoms with Crippen LogP contribution in [0.2, 0.25) is 0 Å². The molecule has 0 saturated carbocycles. The summed E-state index contributed by atoms with van der Waals surface area (Å²) in [6.45, 7) is 7.26. The number of aromatic nitrogens is 4. The van der Waals surface area contributed by atoms with E-state index in [1.54, 1.807) is 13.0 Å². The van der Waals surface area contributed by atoms with Gasteiger partial charge >= 0.3 is 0 Å². The maximum atomic E-state index is 12.6. The first-order chi connectivity index (χ1) is 12.8. The molecular weight excluding hydrogens is 342 g/mol. The number of hydrogen-bond acceptors (Lipinski definition) is 5. The molecule has 7 heteroatoms. The van der Waals surface area contributed by atoms with E-state index in [9.17, 15) is 9.59 Å². The van der Waals surface area contributed by atoms with E-state index in [-0.39, 0.29) is 11.5 Å². The molecule has 0 bridgehead atoms. The molecule has 0 spiro atoms. The minimum atomic E-state index is -0.813. The van der Waals surface area contributed by atoms with Crippen LogP contribution in [0.3, 0.4) is 0 Å². The summed E-state index contributed by atoms with van der Waals surface area (Å²) in [5, 5.41) is 7.03. The Labute approximate surface area is 157 Å². The van der Waals surface area contributed by atoms with Gasteiger partial charge in [-0.05, 0) is 39.8 Å². The molecule has 1 aromatic carbocycles. The lowest BCUT2D eigenvalue weighted by atomic mass is 10.1. The lowest BCUT2D eigenvalue weighted by molar-refractivity contribution is -0.119.